The molecule has 1 atom stereocenters. The number of ether oxygens (including phenoxy) is 1. The van der Waals surface area contributed by atoms with E-state index in [9.17, 15) is 4.39 Å². The quantitative estimate of drug-likeness (QED) is 0.252. The first-order chi connectivity index (χ1) is 19.3. The second-order valence-corrected chi connectivity index (χ2v) is 10.6. The van der Waals surface area contributed by atoms with E-state index in [4.69, 9.17) is 4.74 Å². The predicted octanol–water partition coefficient (Wildman–Crippen LogP) is 6.61. The van der Waals surface area contributed by atoms with Crippen LogP contribution in [-0.4, -0.2) is 55.6 Å². The zero-order chi connectivity index (χ0) is 28.4. The van der Waals surface area contributed by atoms with Gasteiger partial charge in [0, 0.05) is 24.4 Å². The van der Waals surface area contributed by atoms with E-state index in [1.807, 2.05) is 50.6 Å². The van der Waals surface area contributed by atoms with Crippen molar-refractivity contribution in [3.63, 3.8) is 0 Å². The van der Waals surface area contributed by atoms with Crippen LogP contribution in [0.25, 0.3) is 22.3 Å². The number of benzene rings is 1. The molecule has 0 spiro atoms. The van der Waals surface area contributed by atoms with E-state index in [0.29, 0.717) is 35.2 Å². The van der Waals surface area contributed by atoms with Crippen LogP contribution in [0.5, 0.6) is 0 Å². The molecule has 1 aromatic carbocycles. The minimum absolute atomic E-state index is 0.00101. The lowest BCUT2D eigenvalue weighted by Crippen LogP contribution is -2.36. The Morgan fingerprint density at radius 3 is 2.45 bits per heavy atom. The lowest BCUT2D eigenvalue weighted by Gasteiger charge is -2.35. The monoisotopic (exact) mass is 549 g/mol. The molecule has 4 aromatic rings. The van der Waals surface area contributed by atoms with Crippen molar-refractivity contribution in [2.24, 2.45) is 5.92 Å². The molecule has 1 unspecified atom stereocenters. The number of likely N-dealkylation sites (tertiary alicyclic amines) is 1. The number of imidazole rings is 1. The highest BCUT2D eigenvalue weighted by Gasteiger charge is 2.28. The fourth-order valence-corrected chi connectivity index (χ4v) is 5.71. The lowest BCUT2D eigenvalue weighted by atomic mass is 9.88. The van der Waals surface area contributed by atoms with Crippen LogP contribution in [0.1, 0.15) is 64.1 Å². The zero-order valence-electron chi connectivity index (χ0n) is 23.8. The third-order valence-electron chi connectivity index (χ3n) is 7.67. The Morgan fingerprint density at radius 1 is 1.02 bits per heavy atom. The van der Waals surface area contributed by atoms with Gasteiger partial charge in [0.2, 0.25) is 5.95 Å². The Labute approximate surface area is 233 Å². The molecule has 0 bridgehead atoms. The first-order valence-corrected chi connectivity index (χ1v) is 14.1. The average Bonchev–Trinajstić information content (AvgIpc) is 3.30. The highest BCUT2D eigenvalue weighted by atomic mass is 19.1. The van der Waals surface area contributed by atoms with Crippen molar-refractivity contribution in [3.8, 4) is 11.3 Å². The summed E-state index contributed by atoms with van der Waals surface area (Å²) in [5, 5.41) is 3.06. The molecule has 40 heavy (non-hydrogen) atoms. The summed E-state index contributed by atoms with van der Waals surface area (Å²) in [6, 6.07) is 6.91. The van der Waals surface area contributed by atoms with Crippen LogP contribution in [0.2, 0.25) is 0 Å². The van der Waals surface area contributed by atoms with Crippen LogP contribution >= 0.6 is 0 Å². The van der Waals surface area contributed by atoms with Crippen LogP contribution in [0.4, 0.5) is 20.5 Å². The molecule has 1 aliphatic rings. The van der Waals surface area contributed by atoms with Gasteiger partial charge in [0.25, 0.3) is 0 Å². The van der Waals surface area contributed by atoms with Crippen LogP contribution in [-0.2, 0) is 4.74 Å². The number of nitrogens with one attached hydrogen (secondary N) is 1. The molecule has 1 N–H and O–H groups in total. The number of piperidine rings is 1. The Balaban J connectivity index is 1.38. The van der Waals surface area contributed by atoms with Crippen molar-refractivity contribution in [3.05, 3.63) is 59.7 Å². The number of nitrogens with zero attached hydrogens (tertiary/aromatic N) is 6. The average molecular weight is 550 g/mol. The molecule has 212 valence electrons. The number of fused-ring (bicyclic) bond motifs is 1. The van der Waals surface area contributed by atoms with Gasteiger partial charge in [-0.3, -0.25) is 0 Å². The third-order valence-corrected chi connectivity index (χ3v) is 7.67. The maximum absolute atomic E-state index is 15.0. The van der Waals surface area contributed by atoms with Crippen LogP contribution in [0.15, 0.2) is 36.7 Å². The van der Waals surface area contributed by atoms with E-state index in [-0.39, 0.29) is 29.3 Å². The molecule has 1 aliphatic heterocycles. The van der Waals surface area contributed by atoms with Gasteiger partial charge in [-0.05, 0) is 89.9 Å². The molecule has 1 fully saturated rings. The van der Waals surface area contributed by atoms with Crippen molar-refractivity contribution in [2.45, 2.75) is 59.6 Å². The van der Waals surface area contributed by atoms with Crippen molar-refractivity contribution in [1.82, 2.24) is 29.4 Å². The summed E-state index contributed by atoms with van der Waals surface area (Å²) in [6.45, 7) is 13.9. The van der Waals surface area contributed by atoms with E-state index in [1.54, 1.807) is 6.07 Å². The number of hydrogen-bond donors (Lipinski definition) is 1. The lowest BCUT2D eigenvalue weighted by molar-refractivity contribution is -0.00488. The van der Waals surface area contributed by atoms with Crippen LogP contribution < -0.4 is 5.32 Å². The van der Waals surface area contributed by atoms with E-state index in [0.717, 1.165) is 44.2 Å². The van der Waals surface area contributed by atoms with Crippen LogP contribution in [0, 0.1) is 24.5 Å². The second-order valence-electron chi connectivity index (χ2n) is 10.6. The Morgan fingerprint density at radius 2 is 1.80 bits per heavy atom. The molecule has 5 rings (SSSR count). The van der Waals surface area contributed by atoms with Crippen molar-refractivity contribution in [1.29, 1.82) is 0 Å². The number of rotatable bonds is 9. The molecular formula is C30H37F2N7O. The summed E-state index contributed by atoms with van der Waals surface area (Å²) in [5.41, 5.74) is 2.19. The molecule has 3 aromatic heterocycles. The van der Waals surface area contributed by atoms with E-state index < -0.39 is 11.6 Å². The summed E-state index contributed by atoms with van der Waals surface area (Å²) in [5.74, 6) is 0.656. The molecule has 0 radical (unpaired) electrons. The Bertz CT molecular complexity index is 1460. The summed E-state index contributed by atoms with van der Waals surface area (Å²) in [4.78, 5) is 19.9. The number of aryl methyl sites for hydroxylation is 1. The predicted molar refractivity (Wildman–Crippen MR) is 153 cm³/mol. The standard InChI is InChI=1S/C30H37F2N7O/c1-6-38-12-10-20(11-13-38)29(40-7-2)21-8-9-26(33-16-21)36-30-34-17-24(32)27(37-30)22-14-23(31)28-25(15-22)39(18(3)4)19(5)35-28/h8-9,14-18,20,29H,6-7,10-13H2,1-5H3,(H,33,34,36,37). The number of anilines is 2. The largest absolute Gasteiger partial charge is 0.373 e. The van der Waals surface area contributed by atoms with Crippen molar-refractivity contribution in [2.75, 3.05) is 31.6 Å². The maximum atomic E-state index is 15.0. The van der Waals surface area contributed by atoms with Gasteiger partial charge >= 0.3 is 0 Å². The van der Waals surface area contributed by atoms with Gasteiger partial charge in [-0.1, -0.05) is 13.0 Å². The fraction of sp³-hybridized carbons (Fsp3) is 0.467. The van der Waals surface area contributed by atoms with Crippen molar-refractivity contribution >= 4 is 22.8 Å². The van der Waals surface area contributed by atoms with E-state index >= 15 is 4.39 Å². The molecule has 10 heteroatoms. The number of pyridine rings is 1. The highest BCUT2D eigenvalue weighted by molar-refractivity contribution is 5.83. The smallest absolute Gasteiger partial charge is 0.229 e. The van der Waals surface area contributed by atoms with E-state index in [1.165, 1.54) is 6.07 Å². The van der Waals surface area contributed by atoms with E-state index in [2.05, 4.69) is 37.1 Å². The molecule has 0 saturated carbocycles. The summed E-state index contributed by atoms with van der Waals surface area (Å²) in [7, 11) is 0. The topological polar surface area (TPSA) is 81.0 Å². The highest BCUT2D eigenvalue weighted by Crippen LogP contribution is 2.34. The van der Waals surface area contributed by atoms with Gasteiger partial charge in [0.1, 0.15) is 22.9 Å². The maximum Gasteiger partial charge on any atom is 0.229 e. The minimum atomic E-state index is -0.645. The Hall–Kier alpha value is -3.50. The number of hydrogen-bond acceptors (Lipinski definition) is 7. The van der Waals surface area contributed by atoms with Crippen LogP contribution in [0.3, 0.4) is 0 Å². The molecule has 0 amide bonds. The second kappa shape index (κ2) is 11.9. The van der Waals surface area contributed by atoms with Gasteiger partial charge < -0.3 is 19.5 Å². The first-order valence-electron chi connectivity index (χ1n) is 14.1. The van der Waals surface area contributed by atoms with Gasteiger partial charge in [0.15, 0.2) is 11.6 Å². The number of aromatic nitrogens is 5. The van der Waals surface area contributed by atoms with Gasteiger partial charge in [-0.25, -0.2) is 28.7 Å². The minimum Gasteiger partial charge on any atom is -0.373 e. The summed E-state index contributed by atoms with van der Waals surface area (Å²) in [6.07, 6.45) is 5.08. The van der Waals surface area contributed by atoms with Gasteiger partial charge in [-0.2, -0.15) is 0 Å². The zero-order valence-corrected chi connectivity index (χ0v) is 23.8. The molecule has 4 heterocycles. The van der Waals surface area contributed by atoms with Gasteiger partial charge in [0.05, 0.1) is 17.8 Å². The third kappa shape index (κ3) is 5.69. The number of halogens is 2. The molecule has 0 aliphatic carbocycles. The summed E-state index contributed by atoms with van der Waals surface area (Å²) < 4.78 is 38.0. The first kappa shape index (κ1) is 28.0. The summed E-state index contributed by atoms with van der Waals surface area (Å²) >= 11 is 0. The normalized spacial score (nSPS) is 15.7. The molecule has 1 saturated heterocycles. The van der Waals surface area contributed by atoms with Gasteiger partial charge in [-0.15, -0.1) is 0 Å². The SMILES string of the molecule is CCOC(c1ccc(Nc2ncc(F)c(-c3cc(F)c4nc(C)n(C(C)C)c4c3)n2)nc1)C1CCN(CC)CC1. The molecular weight excluding hydrogens is 512 g/mol. The Kier molecular flexibility index (Phi) is 8.37. The van der Waals surface area contributed by atoms with Crippen molar-refractivity contribution < 1.29 is 13.5 Å². The molecule has 8 nitrogen and oxygen atoms in total. The fourth-order valence-electron chi connectivity index (χ4n) is 5.71.